The summed E-state index contributed by atoms with van der Waals surface area (Å²) in [5.74, 6) is -0.525. The molecule has 1 atom stereocenters. The maximum Gasteiger partial charge on any atom is 0.130 e. The maximum atomic E-state index is 13.4. The molecule has 5 heteroatoms. The Labute approximate surface area is 97.2 Å². The van der Waals surface area contributed by atoms with Crippen LogP contribution in [-0.4, -0.2) is 24.2 Å². The first-order chi connectivity index (χ1) is 7.66. The molecule has 1 aliphatic heterocycles. The van der Waals surface area contributed by atoms with E-state index in [1.165, 1.54) is 12.1 Å². The fourth-order valence-electron chi connectivity index (χ4n) is 1.44. The molecule has 1 aromatic rings. The predicted octanol–water partition coefficient (Wildman–Crippen LogP) is 2.10. The van der Waals surface area contributed by atoms with Crippen LogP contribution in [0.25, 0.3) is 0 Å². The number of rotatable bonds is 4. The highest BCUT2D eigenvalue weighted by Gasteiger charge is 2.21. The highest BCUT2D eigenvalue weighted by molar-refractivity contribution is 8.00. The van der Waals surface area contributed by atoms with Gasteiger partial charge in [0.25, 0.3) is 0 Å². The summed E-state index contributed by atoms with van der Waals surface area (Å²) in [7, 11) is 0. The van der Waals surface area contributed by atoms with Crippen LogP contribution >= 0.6 is 11.8 Å². The Bertz CT molecular complexity index is 371. The highest BCUT2D eigenvalue weighted by Crippen LogP contribution is 2.25. The predicted molar refractivity (Wildman–Crippen MR) is 60.4 cm³/mol. The van der Waals surface area contributed by atoms with E-state index in [9.17, 15) is 8.78 Å². The fourth-order valence-corrected chi connectivity index (χ4v) is 2.49. The van der Waals surface area contributed by atoms with Gasteiger partial charge in [-0.3, -0.25) is 0 Å². The van der Waals surface area contributed by atoms with Crippen molar-refractivity contribution in [2.75, 3.05) is 19.0 Å². The summed E-state index contributed by atoms with van der Waals surface area (Å²) in [6.07, 6.45) is 0. The van der Waals surface area contributed by atoms with E-state index in [0.29, 0.717) is 16.6 Å². The molecule has 1 fully saturated rings. The number of nitrogens with two attached hydrogens (primary N) is 1. The third-order valence-corrected chi connectivity index (χ3v) is 3.78. The lowest BCUT2D eigenvalue weighted by atomic mass is 10.1. The van der Waals surface area contributed by atoms with Crippen molar-refractivity contribution in [3.8, 4) is 0 Å². The standard InChI is InChI=1S/C11H13F2NOS/c12-7-1-2-9(10(13)3-7)11(14)6-16-8-4-15-5-8/h1-3,8,11H,4-6,14H2. The molecule has 0 bridgehead atoms. The van der Waals surface area contributed by atoms with Crippen LogP contribution in [0, 0.1) is 11.6 Å². The molecule has 1 aromatic carbocycles. The molecule has 0 spiro atoms. The fraction of sp³-hybridized carbons (Fsp3) is 0.455. The Kier molecular flexibility index (Phi) is 3.78. The molecule has 0 aliphatic carbocycles. The molecule has 16 heavy (non-hydrogen) atoms. The SMILES string of the molecule is NC(CSC1COC1)c1ccc(F)cc1F. The zero-order chi connectivity index (χ0) is 11.5. The molecule has 2 nitrogen and oxygen atoms in total. The Morgan fingerprint density at radius 1 is 1.44 bits per heavy atom. The first-order valence-electron chi connectivity index (χ1n) is 5.06. The summed E-state index contributed by atoms with van der Waals surface area (Å²) < 4.78 is 31.1. The van der Waals surface area contributed by atoms with Gasteiger partial charge in [-0.15, -0.1) is 0 Å². The third-order valence-electron chi connectivity index (χ3n) is 2.48. The second-order valence-electron chi connectivity index (χ2n) is 3.77. The van der Waals surface area contributed by atoms with E-state index in [1.54, 1.807) is 11.8 Å². The second-order valence-corrected chi connectivity index (χ2v) is 5.10. The average Bonchev–Trinajstić information content (AvgIpc) is 2.14. The molecule has 0 radical (unpaired) electrons. The summed E-state index contributed by atoms with van der Waals surface area (Å²) >= 11 is 1.67. The Morgan fingerprint density at radius 2 is 2.19 bits per heavy atom. The number of ether oxygens (including phenoxy) is 1. The van der Waals surface area contributed by atoms with Crippen LogP contribution in [0.1, 0.15) is 11.6 Å². The molecule has 0 aromatic heterocycles. The second kappa shape index (κ2) is 5.12. The topological polar surface area (TPSA) is 35.2 Å². The maximum absolute atomic E-state index is 13.4. The highest BCUT2D eigenvalue weighted by atomic mass is 32.2. The Balaban J connectivity index is 1.93. The van der Waals surface area contributed by atoms with Crippen molar-refractivity contribution < 1.29 is 13.5 Å². The first kappa shape index (κ1) is 11.8. The van der Waals surface area contributed by atoms with Gasteiger partial charge in [0.15, 0.2) is 0 Å². The van der Waals surface area contributed by atoms with Gasteiger partial charge in [-0.25, -0.2) is 8.78 Å². The lowest BCUT2D eigenvalue weighted by Crippen LogP contribution is -2.31. The monoisotopic (exact) mass is 245 g/mol. The van der Waals surface area contributed by atoms with Crippen LogP contribution in [0.2, 0.25) is 0 Å². The van der Waals surface area contributed by atoms with Crippen LogP contribution in [0.3, 0.4) is 0 Å². The molecule has 1 unspecified atom stereocenters. The lowest BCUT2D eigenvalue weighted by Gasteiger charge is -2.26. The Morgan fingerprint density at radius 3 is 2.75 bits per heavy atom. The average molecular weight is 245 g/mol. The minimum atomic E-state index is -0.575. The van der Waals surface area contributed by atoms with Crippen molar-refractivity contribution in [2.24, 2.45) is 5.73 Å². The third kappa shape index (κ3) is 2.72. The van der Waals surface area contributed by atoms with Gasteiger partial charge in [0.05, 0.1) is 18.5 Å². The minimum Gasteiger partial charge on any atom is -0.379 e. The smallest absolute Gasteiger partial charge is 0.130 e. The molecule has 2 N–H and O–H groups in total. The molecule has 1 saturated heterocycles. The van der Waals surface area contributed by atoms with Gasteiger partial charge >= 0.3 is 0 Å². The molecule has 1 aliphatic rings. The molecular formula is C11H13F2NOS. The molecule has 88 valence electrons. The van der Waals surface area contributed by atoms with E-state index in [1.807, 2.05) is 0 Å². The number of benzene rings is 1. The van der Waals surface area contributed by atoms with E-state index >= 15 is 0 Å². The van der Waals surface area contributed by atoms with Crippen molar-refractivity contribution in [1.82, 2.24) is 0 Å². The van der Waals surface area contributed by atoms with Gasteiger partial charge in [-0.05, 0) is 6.07 Å². The molecular weight excluding hydrogens is 232 g/mol. The summed E-state index contributed by atoms with van der Waals surface area (Å²) in [4.78, 5) is 0. The van der Waals surface area contributed by atoms with E-state index in [-0.39, 0.29) is 0 Å². The molecule has 0 saturated carbocycles. The summed E-state index contributed by atoms with van der Waals surface area (Å²) in [5.41, 5.74) is 6.22. The largest absolute Gasteiger partial charge is 0.379 e. The zero-order valence-corrected chi connectivity index (χ0v) is 9.47. The van der Waals surface area contributed by atoms with Gasteiger partial charge in [0.2, 0.25) is 0 Å². The van der Waals surface area contributed by atoms with Crippen molar-refractivity contribution >= 4 is 11.8 Å². The summed E-state index contributed by atoms with van der Waals surface area (Å²) in [6, 6.07) is 3.11. The quantitative estimate of drug-likeness (QED) is 0.882. The van der Waals surface area contributed by atoms with Crippen LogP contribution in [0.4, 0.5) is 8.78 Å². The minimum absolute atomic E-state index is 0.370. The van der Waals surface area contributed by atoms with Gasteiger partial charge in [-0.1, -0.05) is 6.07 Å². The van der Waals surface area contributed by atoms with Gasteiger partial charge in [0.1, 0.15) is 11.6 Å². The van der Waals surface area contributed by atoms with Crippen molar-refractivity contribution in [3.05, 3.63) is 35.4 Å². The van der Waals surface area contributed by atoms with Crippen molar-refractivity contribution in [3.63, 3.8) is 0 Å². The normalized spacial score (nSPS) is 18.2. The van der Waals surface area contributed by atoms with Gasteiger partial charge < -0.3 is 10.5 Å². The van der Waals surface area contributed by atoms with Crippen LogP contribution < -0.4 is 5.73 Å². The van der Waals surface area contributed by atoms with E-state index < -0.39 is 17.7 Å². The van der Waals surface area contributed by atoms with Crippen LogP contribution in [0.5, 0.6) is 0 Å². The molecule has 1 heterocycles. The molecule has 2 rings (SSSR count). The van der Waals surface area contributed by atoms with Crippen LogP contribution in [-0.2, 0) is 4.74 Å². The van der Waals surface area contributed by atoms with Gasteiger partial charge in [0, 0.05) is 23.4 Å². The first-order valence-corrected chi connectivity index (χ1v) is 6.11. The zero-order valence-electron chi connectivity index (χ0n) is 8.66. The number of hydrogen-bond acceptors (Lipinski definition) is 3. The molecule has 0 amide bonds. The summed E-state index contributed by atoms with van der Waals surface area (Å²) in [5, 5.41) is 0.467. The van der Waals surface area contributed by atoms with E-state index in [4.69, 9.17) is 10.5 Å². The lowest BCUT2D eigenvalue weighted by molar-refractivity contribution is 0.0455. The van der Waals surface area contributed by atoms with E-state index in [2.05, 4.69) is 0 Å². The van der Waals surface area contributed by atoms with Crippen molar-refractivity contribution in [2.45, 2.75) is 11.3 Å². The number of thioether (sulfide) groups is 1. The van der Waals surface area contributed by atoms with Crippen molar-refractivity contribution in [1.29, 1.82) is 0 Å². The Hall–Kier alpha value is -0.650. The van der Waals surface area contributed by atoms with Crippen LogP contribution in [0.15, 0.2) is 18.2 Å². The van der Waals surface area contributed by atoms with Gasteiger partial charge in [-0.2, -0.15) is 11.8 Å². The number of halogens is 2. The van der Waals surface area contributed by atoms with E-state index in [0.717, 1.165) is 19.3 Å². The number of hydrogen-bond donors (Lipinski definition) is 1. The summed E-state index contributed by atoms with van der Waals surface area (Å²) in [6.45, 7) is 1.48.